The Kier molecular flexibility index (Phi) is 7.78. The van der Waals surface area contributed by atoms with Gasteiger partial charge in [0.1, 0.15) is 5.60 Å². The summed E-state index contributed by atoms with van der Waals surface area (Å²) in [5, 5.41) is 0. The summed E-state index contributed by atoms with van der Waals surface area (Å²) < 4.78 is 22.4. The van der Waals surface area contributed by atoms with E-state index >= 15 is 0 Å². The van der Waals surface area contributed by atoms with Crippen LogP contribution in [0.4, 0.5) is 4.79 Å². The highest BCUT2D eigenvalue weighted by atomic mass is 16.7. The van der Waals surface area contributed by atoms with E-state index in [1.54, 1.807) is 0 Å². The molecule has 140 valence electrons. The van der Waals surface area contributed by atoms with Gasteiger partial charge in [0.25, 0.3) is 0 Å². The molecule has 1 unspecified atom stereocenters. The molecule has 0 aromatic carbocycles. The Bertz CT molecular complexity index is 376. The van der Waals surface area contributed by atoms with Gasteiger partial charge < -0.3 is 23.8 Å². The molecule has 2 atom stereocenters. The summed E-state index contributed by atoms with van der Waals surface area (Å²) >= 11 is 0. The first-order valence-corrected chi connectivity index (χ1v) is 9.26. The minimum Gasteiger partial charge on any atom is -0.444 e. The topological polar surface area (TPSA) is 57.2 Å². The summed E-state index contributed by atoms with van der Waals surface area (Å²) in [7, 11) is 0. The first-order chi connectivity index (χ1) is 11.5. The van der Waals surface area contributed by atoms with Crippen LogP contribution in [0.15, 0.2) is 0 Å². The van der Waals surface area contributed by atoms with Crippen molar-refractivity contribution in [1.29, 1.82) is 0 Å². The molecule has 2 heterocycles. The quantitative estimate of drug-likeness (QED) is 0.692. The molecular formula is C18H33NO5. The number of ether oxygens (including phenoxy) is 4. The lowest BCUT2D eigenvalue weighted by Crippen LogP contribution is -2.48. The average molecular weight is 343 g/mol. The molecule has 2 rings (SSSR count). The van der Waals surface area contributed by atoms with Crippen LogP contribution in [0.5, 0.6) is 0 Å². The highest BCUT2D eigenvalue weighted by Crippen LogP contribution is 2.20. The van der Waals surface area contributed by atoms with Gasteiger partial charge in [-0.3, -0.25) is 0 Å². The molecule has 0 radical (unpaired) electrons. The van der Waals surface area contributed by atoms with Gasteiger partial charge in [0, 0.05) is 13.2 Å². The second-order valence-corrected chi connectivity index (χ2v) is 7.57. The molecule has 0 aliphatic carbocycles. The van der Waals surface area contributed by atoms with Crippen LogP contribution in [0.3, 0.4) is 0 Å². The SMILES string of the molecule is CC(C)(C)OC(=O)N1CCCC[C@H]1COCCOC1CCCCO1. The molecule has 2 aliphatic rings. The third-order valence-corrected chi connectivity index (χ3v) is 4.23. The molecule has 6 nitrogen and oxygen atoms in total. The molecule has 0 bridgehead atoms. The fourth-order valence-corrected chi connectivity index (χ4v) is 3.04. The van der Waals surface area contributed by atoms with E-state index < -0.39 is 5.60 Å². The monoisotopic (exact) mass is 343 g/mol. The number of likely N-dealkylation sites (tertiary alicyclic amines) is 1. The van der Waals surface area contributed by atoms with Crippen molar-refractivity contribution in [2.75, 3.05) is 33.0 Å². The second kappa shape index (κ2) is 9.59. The standard InChI is InChI=1S/C18H33NO5/c1-18(2,3)24-17(20)19-10-6-4-8-15(19)14-21-12-13-23-16-9-5-7-11-22-16/h15-16H,4-14H2,1-3H3/t15-,16?/m0/s1. The third kappa shape index (κ3) is 6.95. The minimum absolute atomic E-state index is 0.0738. The molecule has 0 spiro atoms. The Morgan fingerprint density at radius 3 is 2.62 bits per heavy atom. The van der Waals surface area contributed by atoms with Gasteiger partial charge in [-0.05, 0) is 59.3 Å². The van der Waals surface area contributed by atoms with Crippen molar-refractivity contribution >= 4 is 6.09 Å². The summed E-state index contributed by atoms with van der Waals surface area (Å²) in [5.74, 6) is 0. The zero-order valence-corrected chi connectivity index (χ0v) is 15.4. The molecule has 24 heavy (non-hydrogen) atoms. The van der Waals surface area contributed by atoms with Gasteiger partial charge in [-0.25, -0.2) is 4.79 Å². The Balaban J connectivity index is 1.66. The lowest BCUT2D eigenvalue weighted by Gasteiger charge is -2.36. The molecule has 0 saturated carbocycles. The fourth-order valence-electron chi connectivity index (χ4n) is 3.04. The van der Waals surface area contributed by atoms with Crippen molar-refractivity contribution in [1.82, 2.24) is 4.90 Å². The zero-order valence-electron chi connectivity index (χ0n) is 15.4. The molecule has 0 aromatic rings. The summed E-state index contributed by atoms with van der Waals surface area (Å²) in [4.78, 5) is 14.1. The predicted octanol–water partition coefficient (Wildman–Crippen LogP) is 3.34. The molecule has 2 saturated heterocycles. The van der Waals surface area contributed by atoms with E-state index in [4.69, 9.17) is 18.9 Å². The van der Waals surface area contributed by atoms with Crippen LogP contribution >= 0.6 is 0 Å². The lowest BCUT2D eigenvalue weighted by atomic mass is 10.0. The normalized spacial score (nSPS) is 25.5. The van der Waals surface area contributed by atoms with Crippen LogP contribution in [0.1, 0.15) is 59.3 Å². The summed E-state index contributed by atoms with van der Waals surface area (Å²) in [6.07, 6.45) is 6.06. The van der Waals surface area contributed by atoms with Crippen LogP contribution < -0.4 is 0 Å². The van der Waals surface area contributed by atoms with Gasteiger partial charge in [-0.15, -0.1) is 0 Å². The van der Waals surface area contributed by atoms with E-state index in [9.17, 15) is 4.79 Å². The van der Waals surface area contributed by atoms with Crippen molar-refractivity contribution in [3.63, 3.8) is 0 Å². The molecule has 2 aliphatic heterocycles. The van der Waals surface area contributed by atoms with Crippen molar-refractivity contribution in [3.05, 3.63) is 0 Å². The van der Waals surface area contributed by atoms with Gasteiger partial charge >= 0.3 is 6.09 Å². The zero-order chi connectivity index (χ0) is 17.4. The van der Waals surface area contributed by atoms with Gasteiger partial charge in [-0.2, -0.15) is 0 Å². The maximum atomic E-state index is 12.3. The smallest absolute Gasteiger partial charge is 0.410 e. The Morgan fingerprint density at radius 2 is 1.92 bits per heavy atom. The Morgan fingerprint density at radius 1 is 1.12 bits per heavy atom. The van der Waals surface area contributed by atoms with Gasteiger partial charge in [0.15, 0.2) is 6.29 Å². The van der Waals surface area contributed by atoms with Crippen LogP contribution in [-0.2, 0) is 18.9 Å². The summed E-state index contributed by atoms with van der Waals surface area (Å²) in [6.45, 7) is 8.81. The molecule has 6 heteroatoms. The molecule has 1 amide bonds. The summed E-state index contributed by atoms with van der Waals surface area (Å²) in [6, 6.07) is 0.0968. The number of piperidine rings is 1. The number of carbonyl (C=O) groups excluding carboxylic acids is 1. The van der Waals surface area contributed by atoms with E-state index in [2.05, 4.69) is 0 Å². The van der Waals surface area contributed by atoms with E-state index in [-0.39, 0.29) is 18.4 Å². The number of amides is 1. The molecular weight excluding hydrogens is 310 g/mol. The number of nitrogens with zero attached hydrogens (tertiary/aromatic N) is 1. The highest BCUT2D eigenvalue weighted by molar-refractivity contribution is 5.68. The second-order valence-electron chi connectivity index (χ2n) is 7.57. The fraction of sp³-hybridized carbons (Fsp3) is 0.944. The van der Waals surface area contributed by atoms with Gasteiger partial charge in [0.2, 0.25) is 0 Å². The van der Waals surface area contributed by atoms with Crippen LogP contribution in [0.2, 0.25) is 0 Å². The van der Waals surface area contributed by atoms with Crippen molar-refractivity contribution in [2.24, 2.45) is 0 Å². The molecule has 2 fully saturated rings. The maximum absolute atomic E-state index is 12.3. The van der Waals surface area contributed by atoms with Gasteiger partial charge in [-0.1, -0.05) is 0 Å². The molecule has 0 N–H and O–H groups in total. The highest BCUT2D eigenvalue weighted by Gasteiger charge is 2.30. The number of hydrogen-bond donors (Lipinski definition) is 0. The van der Waals surface area contributed by atoms with Crippen LogP contribution in [0.25, 0.3) is 0 Å². The van der Waals surface area contributed by atoms with Crippen LogP contribution in [-0.4, -0.2) is 61.9 Å². The number of carbonyl (C=O) groups is 1. The minimum atomic E-state index is -0.465. The van der Waals surface area contributed by atoms with Gasteiger partial charge in [0.05, 0.1) is 25.9 Å². The van der Waals surface area contributed by atoms with E-state index in [0.717, 1.165) is 45.3 Å². The largest absolute Gasteiger partial charge is 0.444 e. The first kappa shape index (κ1) is 19.5. The summed E-state index contributed by atoms with van der Waals surface area (Å²) in [5.41, 5.74) is -0.465. The maximum Gasteiger partial charge on any atom is 0.410 e. The average Bonchev–Trinajstić information content (AvgIpc) is 2.54. The van der Waals surface area contributed by atoms with Crippen LogP contribution in [0, 0.1) is 0 Å². The first-order valence-electron chi connectivity index (χ1n) is 9.26. The van der Waals surface area contributed by atoms with Crippen molar-refractivity contribution in [3.8, 4) is 0 Å². The third-order valence-electron chi connectivity index (χ3n) is 4.23. The lowest BCUT2D eigenvalue weighted by molar-refractivity contribution is -0.169. The number of hydrogen-bond acceptors (Lipinski definition) is 5. The van der Waals surface area contributed by atoms with Crippen molar-refractivity contribution < 1.29 is 23.7 Å². The number of rotatable bonds is 6. The predicted molar refractivity (Wildman–Crippen MR) is 90.9 cm³/mol. The van der Waals surface area contributed by atoms with E-state index in [1.165, 1.54) is 6.42 Å². The Hall–Kier alpha value is -0.850. The van der Waals surface area contributed by atoms with E-state index in [1.807, 2.05) is 25.7 Å². The Labute approximate surface area is 145 Å². The van der Waals surface area contributed by atoms with Crippen molar-refractivity contribution in [2.45, 2.75) is 77.2 Å². The molecule has 0 aromatic heterocycles. The van der Waals surface area contributed by atoms with E-state index in [0.29, 0.717) is 19.8 Å².